The van der Waals surface area contributed by atoms with E-state index in [1.807, 2.05) is 0 Å². The van der Waals surface area contributed by atoms with Crippen LogP contribution in [0.1, 0.15) is 19.4 Å². The van der Waals surface area contributed by atoms with Crippen LogP contribution in [-0.2, 0) is 14.8 Å². The largest absolute Gasteiger partial charge is 0.373 e. The van der Waals surface area contributed by atoms with Crippen LogP contribution in [0.15, 0.2) is 17.0 Å². The lowest BCUT2D eigenvalue weighted by atomic mass is 10.2. The minimum absolute atomic E-state index is 0.0575. The lowest BCUT2D eigenvalue weighted by Gasteiger charge is -2.34. The summed E-state index contributed by atoms with van der Waals surface area (Å²) >= 11 is 5.95. The molecule has 0 N–H and O–H groups in total. The minimum atomic E-state index is -3.86. The number of halogens is 1. The minimum Gasteiger partial charge on any atom is -0.373 e. The Hall–Kier alpha value is -1.22. The third-order valence-electron chi connectivity index (χ3n) is 3.51. The average molecular weight is 349 g/mol. The second-order valence-electron chi connectivity index (χ2n) is 5.39. The predicted molar refractivity (Wildman–Crippen MR) is 81.6 cm³/mol. The molecule has 7 nitrogen and oxygen atoms in total. The SMILES string of the molecule is Cc1c(Cl)cc(S(=O)(=O)N2C[C@@H](C)O[C@H](C)C2)cc1[N+](=O)[O-]. The summed E-state index contributed by atoms with van der Waals surface area (Å²) in [5, 5.41) is 11.1. The molecule has 0 aliphatic carbocycles. The second-order valence-corrected chi connectivity index (χ2v) is 7.73. The van der Waals surface area contributed by atoms with Crippen molar-refractivity contribution in [1.29, 1.82) is 0 Å². The van der Waals surface area contributed by atoms with E-state index in [4.69, 9.17) is 16.3 Å². The van der Waals surface area contributed by atoms with Gasteiger partial charge in [-0.15, -0.1) is 0 Å². The normalized spacial score (nSPS) is 23.5. The van der Waals surface area contributed by atoms with Gasteiger partial charge in [0, 0.05) is 24.7 Å². The van der Waals surface area contributed by atoms with Gasteiger partial charge in [0.15, 0.2) is 0 Å². The fraction of sp³-hybridized carbons (Fsp3) is 0.538. The summed E-state index contributed by atoms with van der Waals surface area (Å²) in [6.45, 7) is 5.44. The molecule has 0 saturated carbocycles. The Morgan fingerprint density at radius 3 is 2.36 bits per heavy atom. The van der Waals surface area contributed by atoms with Crippen LogP contribution in [0.5, 0.6) is 0 Å². The van der Waals surface area contributed by atoms with Gasteiger partial charge in [-0.2, -0.15) is 4.31 Å². The molecule has 1 aromatic rings. The standard InChI is InChI=1S/C13H17ClN2O5S/c1-8-6-15(7-9(2)21-8)22(19,20)11-4-12(14)10(3)13(5-11)16(17)18/h4-5,8-9H,6-7H2,1-3H3/t8-,9-/m1/s1. The molecule has 1 heterocycles. The van der Waals surface area contributed by atoms with E-state index in [0.717, 1.165) is 6.07 Å². The quantitative estimate of drug-likeness (QED) is 0.617. The monoisotopic (exact) mass is 348 g/mol. The zero-order valence-electron chi connectivity index (χ0n) is 12.4. The van der Waals surface area contributed by atoms with Crippen molar-refractivity contribution in [2.45, 2.75) is 37.9 Å². The summed E-state index contributed by atoms with van der Waals surface area (Å²) in [7, 11) is -3.86. The molecule has 0 radical (unpaired) electrons. The van der Waals surface area contributed by atoms with Gasteiger partial charge >= 0.3 is 0 Å². The van der Waals surface area contributed by atoms with Crippen LogP contribution in [0.25, 0.3) is 0 Å². The van der Waals surface area contributed by atoms with Crippen molar-refractivity contribution in [2.75, 3.05) is 13.1 Å². The Bertz CT molecular complexity index is 697. The third-order valence-corrected chi connectivity index (χ3v) is 5.71. The van der Waals surface area contributed by atoms with Gasteiger partial charge in [-0.25, -0.2) is 8.42 Å². The Kier molecular flexibility index (Phi) is 4.76. The fourth-order valence-corrected chi connectivity index (χ4v) is 4.37. The number of sulfonamides is 1. The summed E-state index contributed by atoms with van der Waals surface area (Å²) in [6.07, 6.45) is -0.483. The lowest BCUT2D eigenvalue weighted by molar-refractivity contribution is -0.385. The number of morpholine rings is 1. The molecule has 9 heteroatoms. The van der Waals surface area contributed by atoms with E-state index in [9.17, 15) is 18.5 Å². The highest BCUT2D eigenvalue weighted by molar-refractivity contribution is 7.89. The third kappa shape index (κ3) is 3.24. The maximum absolute atomic E-state index is 12.7. The number of ether oxygens (including phenoxy) is 1. The van der Waals surface area contributed by atoms with Crippen LogP contribution >= 0.6 is 11.6 Å². The molecule has 1 aromatic carbocycles. The number of nitrogens with zero attached hydrogens (tertiary/aromatic N) is 2. The van der Waals surface area contributed by atoms with Gasteiger partial charge in [0.2, 0.25) is 10.0 Å². The van der Waals surface area contributed by atoms with Crippen molar-refractivity contribution >= 4 is 27.3 Å². The predicted octanol–water partition coefficient (Wildman–Crippen LogP) is 2.35. The zero-order valence-corrected chi connectivity index (χ0v) is 14.0. The first-order valence-corrected chi connectivity index (χ1v) is 8.55. The van der Waals surface area contributed by atoms with Gasteiger partial charge in [-0.05, 0) is 26.8 Å². The fourth-order valence-electron chi connectivity index (χ4n) is 2.45. The first-order valence-electron chi connectivity index (χ1n) is 6.73. The molecule has 1 saturated heterocycles. The maximum atomic E-state index is 12.7. The molecular weight excluding hydrogens is 332 g/mol. The molecule has 122 valence electrons. The van der Waals surface area contributed by atoms with Crippen molar-refractivity contribution in [2.24, 2.45) is 0 Å². The van der Waals surface area contributed by atoms with E-state index in [1.165, 1.54) is 17.3 Å². The van der Waals surface area contributed by atoms with Gasteiger partial charge in [0.05, 0.1) is 27.0 Å². The Morgan fingerprint density at radius 2 is 1.86 bits per heavy atom. The molecule has 0 bridgehead atoms. The molecule has 1 aliphatic heterocycles. The van der Waals surface area contributed by atoms with Crippen LogP contribution in [0.4, 0.5) is 5.69 Å². The number of rotatable bonds is 3. The van der Waals surface area contributed by atoms with Crippen molar-refractivity contribution in [3.63, 3.8) is 0 Å². The van der Waals surface area contributed by atoms with Crippen LogP contribution in [0.2, 0.25) is 5.02 Å². The molecule has 0 aromatic heterocycles. The molecule has 2 atom stereocenters. The highest BCUT2D eigenvalue weighted by Gasteiger charge is 2.33. The van der Waals surface area contributed by atoms with Gasteiger partial charge in [0.1, 0.15) is 0 Å². The molecule has 2 rings (SSSR count). The van der Waals surface area contributed by atoms with Crippen LogP contribution in [0, 0.1) is 17.0 Å². The lowest BCUT2D eigenvalue weighted by Crippen LogP contribution is -2.48. The smallest absolute Gasteiger partial charge is 0.275 e. The molecule has 0 unspecified atom stereocenters. The van der Waals surface area contributed by atoms with E-state index in [1.54, 1.807) is 13.8 Å². The summed E-state index contributed by atoms with van der Waals surface area (Å²) in [5.41, 5.74) is -0.0604. The van der Waals surface area contributed by atoms with E-state index in [2.05, 4.69) is 0 Å². The first kappa shape index (κ1) is 17.1. The van der Waals surface area contributed by atoms with Crippen LogP contribution in [0.3, 0.4) is 0 Å². The average Bonchev–Trinajstić information content (AvgIpc) is 2.40. The van der Waals surface area contributed by atoms with Crippen LogP contribution < -0.4 is 0 Å². The van der Waals surface area contributed by atoms with E-state index in [-0.39, 0.29) is 46.5 Å². The van der Waals surface area contributed by atoms with Gasteiger partial charge in [-0.1, -0.05) is 11.6 Å². The van der Waals surface area contributed by atoms with Crippen LogP contribution in [-0.4, -0.2) is 42.9 Å². The molecule has 0 spiro atoms. The van der Waals surface area contributed by atoms with Crippen molar-refractivity contribution < 1.29 is 18.1 Å². The molecule has 22 heavy (non-hydrogen) atoms. The Balaban J connectivity index is 2.48. The Labute approximate surface area is 134 Å². The summed E-state index contributed by atoms with van der Waals surface area (Å²) in [6, 6.07) is 2.31. The molecule has 1 fully saturated rings. The van der Waals surface area contributed by atoms with E-state index < -0.39 is 14.9 Å². The highest BCUT2D eigenvalue weighted by atomic mass is 35.5. The number of nitro groups is 1. The number of hydrogen-bond donors (Lipinski definition) is 0. The first-order chi connectivity index (χ1) is 10.1. The number of benzene rings is 1. The maximum Gasteiger partial charge on any atom is 0.275 e. The number of hydrogen-bond acceptors (Lipinski definition) is 5. The van der Waals surface area contributed by atoms with Crippen molar-refractivity contribution in [3.05, 3.63) is 32.8 Å². The number of nitro benzene ring substituents is 1. The van der Waals surface area contributed by atoms with Gasteiger partial charge in [-0.3, -0.25) is 10.1 Å². The summed E-state index contributed by atoms with van der Waals surface area (Å²) in [4.78, 5) is 10.2. The Morgan fingerprint density at radius 1 is 1.32 bits per heavy atom. The summed E-state index contributed by atoms with van der Waals surface area (Å²) in [5.74, 6) is 0. The van der Waals surface area contributed by atoms with E-state index >= 15 is 0 Å². The molecule has 0 amide bonds. The van der Waals surface area contributed by atoms with Gasteiger partial charge < -0.3 is 4.74 Å². The zero-order chi connectivity index (χ0) is 16.7. The topological polar surface area (TPSA) is 89.8 Å². The van der Waals surface area contributed by atoms with Crippen molar-refractivity contribution in [3.8, 4) is 0 Å². The molecule has 1 aliphatic rings. The summed E-state index contributed by atoms with van der Waals surface area (Å²) < 4.78 is 32.2. The van der Waals surface area contributed by atoms with Crippen molar-refractivity contribution in [1.82, 2.24) is 4.31 Å². The second kappa shape index (κ2) is 6.11. The van der Waals surface area contributed by atoms with E-state index in [0.29, 0.717) is 0 Å². The molecular formula is C13H17ClN2O5S. The van der Waals surface area contributed by atoms with Gasteiger partial charge in [0.25, 0.3) is 5.69 Å². The highest BCUT2D eigenvalue weighted by Crippen LogP contribution is 2.31.